The summed E-state index contributed by atoms with van der Waals surface area (Å²) in [4.78, 5) is 22.2. The first-order valence-electron chi connectivity index (χ1n) is 5.98. The second-order valence-electron chi connectivity index (χ2n) is 4.29. The normalized spacial score (nSPS) is 11.7. The van der Waals surface area contributed by atoms with Gasteiger partial charge in [-0.05, 0) is 20.3 Å². The van der Waals surface area contributed by atoms with Crippen LogP contribution >= 0.6 is 0 Å². The quantitative estimate of drug-likeness (QED) is 0.392. The summed E-state index contributed by atoms with van der Waals surface area (Å²) in [5, 5.41) is 2.73. The smallest absolute Gasteiger partial charge is 0.224 e. The molecule has 0 radical (unpaired) electrons. The SMILES string of the molecule is CCCCC[C@@H](C=O)NC(=O)CC=C(C)C. The van der Waals surface area contributed by atoms with Crippen LogP contribution in [-0.4, -0.2) is 18.2 Å². The van der Waals surface area contributed by atoms with Gasteiger partial charge in [0.05, 0.1) is 6.04 Å². The van der Waals surface area contributed by atoms with E-state index in [4.69, 9.17) is 0 Å². The van der Waals surface area contributed by atoms with Gasteiger partial charge in [0.2, 0.25) is 5.91 Å². The summed E-state index contributed by atoms with van der Waals surface area (Å²) < 4.78 is 0. The van der Waals surface area contributed by atoms with Gasteiger partial charge in [0.25, 0.3) is 0 Å². The molecule has 3 nitrogen and oxygen atoms in total. The molecule has 0 aromatic heterocycles. The maximum atomic E-state index is 11.4. The van der Waals surface area contributed by atoms with Crippen LogP contribution in [0, 0.1) is 0 Å². The van der Waals surface area contributed by atoms with E-state index in [2.05, 4.69) is 12.2 Å². The number of aldehydes is 1. The monoisotopic (exact) mass is 225 g/mol. The van der Waals surface area contributed by atoms with Gasteiger partial charge in [-0.3, -0.25) is 4.79 Å². The van der Waals surface area contributed by atoms with E-state index in [-0.39, 0.29) is 11.9 Å². The Labute approximate surface area is 98.3 Å². The lowest BCUT2D eigenvalue weighted by Crippen LogP contribution is -2.35. The Balaban J connectivity index is 3.87. The average molecular weight is 225 g/mol. The molecular formula is C13H23NO2. The molecule has 0 rings (SSSR count). The highest BCUT2D eigenvalue weighted by molar-refractivity contribution is 5.80. The zero-order valence-electron chi connectivity index (χ0n) is 10.6. The summed E-state index contributed by atoms with van der Waals surface area (Å²) in [5.74, 6) is -0.0743. The Morgan fingerprint density at radius 2 is 2.00 bits per heavy atom. The van der Waals surface area contributed by atoms with Crippen molar-refractivity contribution in [3.8, 4) is 0 Å². The Kier molecular flexibility index (Phi) is 8.49. The minimum atomic E-state index is -0.315. The fraction of sp³-hybridized carbons (Fsp3) is 0.692. The second-order valence-corrected chi connectivity index (χ2v) is 4.29. The van der Waals surface area contributed by atoms with Crippen LogP contribution in [0.25, 0.3) is 0 Å². The topological polar surface area (TPSA) is 46.2 Å². The second kappa shape index (κ2) is 9.13. The van der Waals surface area contributed by atoms with Crippen molar-refractivity contribution in [3.63, 3.8) is 0 Å². The molecule has 0 aliphatic heterocycles. The van der Waals surface area contributed by atoms with Crippen LogP contribution < -0.4 is 5.32 Å². The summed E-state index contributed by atoms with van der Waals surface area (Å²) in [7, 11) is 0. The molecule has 1 amide bonds. The lowest BCUT2D eigenvalue weighted by atomic mass is 10.1. The van der Waals surface area contributed by atoms with Crippen molar-refractivity contribution in [1.82, 2.24) is 5.32 Å². The van der Waals surface area contributed by atoms with Crippen molar-refractivity contribution in [1.29, 1.82) is 0 Å². The molecule has 1 atom stereocenters. The minimum absolute atomic E-state index is 0.0743. The number of hydrogen-bond donors (Lipinski definition) is 1. The van der Waals surface area contributed by atoms with Gasteiger partial charge in [-0.1, -0.05) is 37.8 Å². The molecule has 0 aromatic rings. The molecular weight excluding hydrogens is 202 g/mol. The van der Waals surface area contributed by atoms with Crippen LogP contribution in [0.1, 0.15) is 52.9 Å². The molecule has 0 saturated heterocycles. The van der Waals surface area contributed by atoms with Crippen LogP contribution in [0.3, 0.4) is 0 Å². The molecule has 1 N–H and O–H groups in total. The standard InChI is InChI=1S/C13H23NO2/c1-4-5-6-7-12(10-15)14-13(16)9-8-11(2)3/h8,10,12H,4-7,9H2,1-3H3,(H,14,16)/t12-/m0/s1. The number of nitrogens with one attached hydrogen (secondary N) is 1. The molecule has 3 heteroatoms. The minimum Gasteiger partial charge on any atom is -0.346 e. The molecule has 0 aliphatic carbocycles. The van der Waals surface area contributed by atoms with Crippen molar-refractivity contribution in [2.45, 2.75) is 58.9 Å². The zero-order valence-corrected chi connectivity index (χ0v) is 10.6. The predicted octanol–water partition coefficient (Wildman–Crippen LogP) is 2.61. The van der Waals surface area contributed by atoms with Crippen LogP contribution in [-0.2, 0) is 9.59 Å². The van der Waals surface area contributed by atoms with Crippen LogP contribution in [0.2, 0.25) is 0 Å². The number of rotatable bonds is 8. The molecule has 0 aliphatic rings. The van der Waals surface area contributed by atoms with Crippen molar-refractivity contribution < 1.29 is 9.59 Å². The van der Waals surface area contributed by atoms with E-state index in [9.17, 15) is 9.59 Å². The number of carbonyl (C=O) groups is 2. The molecule has 92 valence electrons. The highest BCUT2D eigenvalue weighted by atomic mass is 16.2. The molecule has 0 aromatic carbocycles. The maximum absolute atomic E-state index is 11.4. The third kappa shape index (κ3) is 8.21. The predicted molar refractivity (Wildman–Crippen MR) is 66.2 cm³/mol. The average Bonchev–Trinajstić information content (AvgIpc) is 2.25. The van der Waals surface area contributed by atoms with Gasteiger partial charge in [-0.2, -0.15) is 0 Å². The molecule has 0 heterocycles. The Morgan fingerprint density at radius 3 is 2.50 bits per heavy atom. The zero-order chi connectivity index (χ0) is 12.4. The number of allylic oxidation sites excluding steroid dienone is 1. The first-order chi connectivity index (χ1) is 7.60. The lowest BCUT2D eigenvalue weighted by Gasteiger charge is -2.11. The summed E-state index contributed by atoms with van der Waals surface area (Å²) in [6, 6.07) is -0.315. The Hall–Kier alpha value is -1.12. The van der Waals surface area contributed by atoms with Gasteiger partial charge >= 0.3 is 0 Å². The molecule has 0 fully saturated rings. The summed E-state index contributed by atoms with van der Waals surface area (Å²) in [6.07, 6.45) is 7.02. The van der Waals surface area contributed by atoms with E-state index in [0.717, 1.165) is 37.5 Å². The van der Waals surface area contributed by atoms with Crippen molar-refractivity contribution in [2.75, 3.05) is 0 Å². The van der Waals surface area contributed by atoms with Crippen molar-refractivity contribution in [2.24, 2.45) is 0 Å². The first-order valence-corrected chi connectivity index (χ1v) is 5.98. The fourth-order valence-corrected chi connectivity index (χ4v) is 1.35. The Morgan fingerprint density at radius 1 is 1.31 bits per heavy atom. The van der Waals surface area contributed by atoms with Gasteiger partial charge in [-0.25, -0.2) is 0 Å². The largest absolute Gasteiger partial charge is 0.346 e. The number of carbonyl (C=O) groups excluding carboxylic acids is 2. The number of amides is 1. The molecule has 0 unspecified atom stereocenters. The summed E-state index contributed by atoms with van der Waals surface area (Å²) >= 11 is 0. The van der Waals surface area contributed by atoms with Gasteiger partial charge in [0.1, 0.15) is 6.29 Å². The van der Waals surface area contributed by atoms with Crippen LogP contribution in [0.5, 0.6) is 0 Å². The lowest BCUT2D eigenvalue weighted by molar-refractivity contribution is -0.123. The maximum Gasteiger partial charge on any atom is 0.224 e. The number of hydrogen-bond acceptors (Lipinski definition) is 2. The van der Waals surface area contributed by atoms with E-state index in [1.807, 2.05) is 19.9 Å². The van der Waals surface area contributed by atoms with Gasteiger partial charge in [0.15, 0.2) is 0 Å². The first kappa shape index (κ1) is 14.9. The van der Waals surface area contributed by atoms with Crippen molar-refractivity contribution in [3.05, 3.63) is 11.6 Å². The Bertz CT molecular complexity index is 242. The molecule has 16 heavy (non-hydrogen) atoms. The van der Waals surface area contributed by atoms with Gasteiger partial charge in [-0.15, -0.1) is 0 Å². The highest BCUT2D eigenvalue weighted by Gasteiger charge is 2.09. The number of unbranched alkanes of at least 4 members (excludes halogenated alkanes) is 2. The van der Waals surface area contributed by atoms with E-state index in [1.165, 1.54) is 0 Å². The van der Waals surface area contributed by atoms with E-state index in [0.29, 0.717) is 6.42 Å². The van der Waals surface area contributed by atoms with E-state index >= 15 is 0 Å². The highest BCUT2D eigenvalue weighted by Crippen LogP contribution is 2.02. The molecule has 0 spiro atoms. The third-order valence-electron chi connectivity index (χ3n) is 2.33. The molecule has 0 bridgehead atoms. The fourth-order valence-electron chi connectivity index (χ4n) is 1.35. The van der Waals surface area contributed by atoms with Gasteiger partial charge in [0, 0.05) is 6.42 Å². The molecule has 0 saturated carbocycles. The van der Waals surface area contributed by atoms with E-state index in [1.54, 1.807) is 0 Å². The van der Waals surface area contributed by atoms with Crippen LogP contribution in [0.4, 0.5) is 0 Å². The van der Waals surface area contributed by atoms with Gasteiger partial charge < -0.3 is 10.1 Å². The van der Waals surface area contributed by atoms with Crippen LogP contribution in [0.15, 0.2) is 11.6 Å². The van der Waals surface area contributed by atoms with E-state index < -0.39 is 0 Å². The summed E-state index contributed by atoms with van der Waals surface area (Å²) in [5.41, 5.74) is 1.11. The summed E-state index contributed by atoms with van der Waals surface area (Å²) in [6.45, 7) is 6.01. The third-order valence-corrected chi connectivity index (χ3v) is 2.33. The van der Waals surface area contributed by atoms with Crippen molar-refractivity contribution >= 4 is 12.2 Å².